The van der Waals surface area contributed by atoms with E-state index in [0.29, 0.717) is 28.3 Å². The topological polar surface area (TPSA) is 108 Å². The van der Waals surface area contributed by atoms with Crippen LogP contribution in [0, 0.1) is 5.82 Å². The van der Waals surface area contributed by atoms with E-state index in [4.69, 9.17) is 21.4 Å². The Morgan fingerprint density at radius 3 is 2.59 bits per heavy atom. The molecule has 0 amide bonds. The summed E-state index contributed by atoms with van der Waals surface area (Å²) in [6, 6.07) is 12.0. The van der Waals surface area contributed by atoms with Crippen molar-refractivity contribution in [1.29, 1.82) is 0 Å². The van der Waals surface area contributed by atoms with Crippen molar-refractivity contribution in [2.45, 2.75) is 12.8 Å². The number of halogens is 2. The second-order valence-electron chi connectivity index (χ2n) is 7.10. The molecule has 1 atom stereocenters. The number of hydrogen-bond donors (Lipinski definition) is 3. The van der Waals surface area contributed by atoms with Gasteiger partial charge < -0.3 is 14.8 Å². The highest BCUT2D eigenvalue weighted by atomic mass is 35.5. The zero-order valence-corrected chi connectivity index (χ0v) is 18.9. The molecule has 1 unspecified atom stereocenters. The molecule has 0 aliphatic heterocycles. The first-order valence-electron chi connectivity index (χ1n) is 9.63. The number of sulfonamides is 1. The minimum absolute atomic E-state index is 0.0587. The van der Waals surface area contributed by atoms with Crippen molar-refractivity contribution in [1.82, 2.24) is 4.98 Å². The van der Waals surface area contributed by atoms with Crippen molar-refractivity contribution >= 4 is 33.1 Å². The van der Waals surface area contributed by atoms with Gasteiger partial charge in [0.15, 0.2) is 0 Å². The number of benzene rings is 2. The number of rotatable bonds is 9. The zero-order chi connectivity index (χ0) is 23.5. The Hall–Kier alpha value is -2.88. The molecule has 7 nitrogen and oxygen atoms in total. The summed E-state index contributed by atoms with van der Waals surface area (Å²) in [5.41, 5.74) is 1.58. The molecule has 0 saturated carbocycles. The number of ketones is 1. The number of H-pyrrole nitrogens is 1. The van der Waals surface area contributed by atoms with E-state index in [9.17, 15) is 17.6 Å². The highest BCUT2D eigenvalue weighted by Crippen LogP contribution is 2.29. The minimum atomic E-state index is -3.76. The van der Waals surface area contributed by atoms with Gasteiger partial charge in [0, 0.05) is 17.2 Å². The number of methoxy groups -OCH3 is 1. The average molecular weight is 481 g/mol. The molecule has 2 aromatic carbocycles. The van der Waals surface area contributed by atoms with Gasteiger partial charge in [-0.2, -0.15) is 0 Å². The number of carbonyl (C=O) groups is 1. The number of aromatic amines is 1. The average Bonchev–Trinajstić information content (AvgIpc) is 3.22. The number of aromatic nitrogens is 1. The van der Waals surface area contributed by atoms with Crippen LogP contribution in [0.3, 0.4) is 0 Å². The predicted molar refractivity (Wildman–Crippen MR) is 121 cm³/mol. The minimum Gasteiger partial charge on any atom is -0.497 e. The Morgan fingerprint density at radius 1 is 1.22 bits per heavy atom. The van der Waals surface area contributed by atoms with E-state index in [2.05, 4.69) is 9.71 Å². The fourth-order valence-electron chi connectivity index (χ4n) is 3.21. The molecule has 0 fully saturated rings. The van der Waals surface area contributed by atoms with Crippen LogP contribution in [-0.4, -0.2) is 43.8 Å². The molecule has 0 aliphatic carbocycles. The van der Waals surface area contributed by atoms with Crippen LogP contribution in [-0.2, 0) is 10.0 Å². The molecule has 0 bridgehead atoms. The van der Waals surface area contributed by atoms with E-state index in [-0.39, 0.29) is 16.5 Å². The molecule has 1 heterocycles. The highest BCUT2D eigenvalue weighted by Gasteiger charge is 2.20. The van der Waals surface area contributed by atoms with Gasteiger partial charge in [-0.15, -0.1) is 0 Å². The van der Waals surface area contributed by atoms with Gasteiger partial charge >= 0.3 is 0 Å². The van der Waals surface area contributed by atoms with Crippen molar-refractivity contribution < 1.29 is 27.4 Å². The normalized spacial score (nSPS) is 12.4. The highest BCUT2D eigenvalue weighted by molar-refractivity contribution is 7.92. The van der Waals surface area contributed by atoms with Gasteiger partial charge in [-0.25, -0.2) is 12.8 Å². The maximum Gasteiger partial charge on any atom is 0.234 e. The molecule has 3 N–H and O–H groups in total. The molecule has 3 aromatic rings. The van der Waals surface area contributed by atoms with Crippen molar-refractivity contribution in [3.63, 3.8) is 0 Å². The third-order valence-corrected chi connectivity index (χ3v) is 6.52. The monoisotopic (exact) mass is 480 g/mol. The SMILES string of the molecule is COc1ccc(C(=O)c2ccc(C(C)c3ccc(NS(=O)(=O)CCO)cc3F)[nH]2)c(Cl)c1. The maximum atomic E-state index is 14.7. The van der Waals surface area contributed by atoms with E-state index in [1.54, 1.807) is 37.3 Å². The molecule has 3 rings (SSSR count). The summed E-state index contributed by atoms with van der Waals surface area (Å²) in [5, 5.41) is 9.05. The summed E-state index contributed by atoms with van der Waals surface area (Å²) < 4.78 is 45.5. The number of anilines is 1. The second-order valence-corrected chi connectivity index (χ2v) is 9.35. The van der Waals surface area contributed by atoms with E-state index < -0.39 is 34.1 Å². The Bertz CT molecular complexity index is 1240. The lowest BCUT2D eigenvalue weighted by Crippen LogP contribution is -2.19. The Labute approximate surface area is 190 Å². The maximum absolute atomic E-state index is 14.7. The van der Waals surface area contributed by atoms with Gasteiger partial charge in [0.25, 0.3) is 0 Å². The van der Waals surface area contributed by atoms with Gasteiger partial charge in [-0.05, 0) is 48.0 Å². The quantitative estimate of drug-likeness (QED) is 0.402. The number of carbonyl (C=O) groups excluding carboxylic acids is 1. The Balaban J connectivity index is 1.81. The zero-order valence-electron chi connectivity index (χ0n) is 17.4. The van der Waals surface area contributed by atoms with Crippen LogP contribution in [0.15, 0.2) is 48.5 Å². The van der Waals surface area contributed by atoms with Gasteiger partial charge in [0.2, 0.25) is 15.8 Å². The predicted octanol–water partition coefficient (Wildman–Crippen LogP) is 3.93. The van der Waals surface area contributed by atoms with Crippen LogP contribution >= 0.6 is 11.6 Å². The summed E-state index contributed by atoms with van der Waals surface area (Å²) in [5.74, 6) is -1.31. The van der Waals surface area contributed by atoms with E-state index >= 15 is 0 Å². The lowest BCUT2D eigenvalue weighted by molar-refractivity contribution is 0.103. The van der Waals surface area contributed by atoms with Gasteiger partial charge in [-0.1, -0.05) is 24.6 Å². The van der Waals surface area contributed by atoms with E-state index in [0.717, 1.165) is 6.07 Å². The van der Waals surface area contributed by atoms with Crippen molar-refractivity contribution in [3.05, 3.63) is 81.9 Å². The second kappa shape index (κ2) is 9.72. The molecular weight excluding hydrogens is 459 g/mol. The Kier molecular flexibility index (Phi) is 7.22. The molecule has 0 aliphatic rings. The first kappa shape index (κ1) is 23.8. The number of aliphatic hydroxyl groups excluding tert-OH is 1. The number of hydrogen-bond acceptors (Lipinski definition) is 5. The van der Waals surface area contributed by atoms with Crippen LogP contribution in [0.4, 0.5) is 10.1 Å². The van der Waals surface area contributed by atoms with Gasteiger partial charge in [0.1, 0.15) is 11.6 Å². The first-order valence-corrected chi connectivity index (χ1v) is 11.7. The van der Waals surface area contributed by atoms with Gasteiger partial charge in [-0.3, -0.25) is 9.52 Å². The number of nitrogens with one attached hydrogen (secondary N) is 2. The summed E-state index contributed by atoms with van der Waals surface area (Å²) in [4.78, 5) is 15.8. The van der Waals surface area contributed by atoms with Crippen LogP contribution in [0.1, 0.15) is 40.2 Å². The summed E-state index contributed by atoms with van der Waals surface area (Å²) in [6.45, 7) is 1.22. The third-order valence-electron chi connectivity index (χ3n) is 4.94. The molecule has 0 saturated heterocycles. The first-order chi connectivity index (χ1) is 15.1. The molecule has 10 heteroatoms. The van der Waals surface area contributed by atoms with Crippen molar-refractivity contribution in [2.75, 3.05) is 24.2 Å². The smallest absolute Gasteiger partial charge is 0.234 e. The lowest BCUT2D eigenvalue weighted by Gasteiger charge is -2.14. The van der Waals surface area contributed by atoms with Crippen molar-refractivity contribution in [2.24, 2.45) is 0 Å². The lowest BCUT2D eigenvalue weighted by atomic mass is 9.97. The van der Waals surface area contributed by atoms with E-state index in [1.165, 1.54) is 19.2 Å². The summed E-state index contributed by atoms with van der Waals surface area (Å²) >= 11 is 6.19. The van der Waals surface area contributed by atoms with Crippen LogP contribution in [0.2, 0.25) is 5.02 Å². The van der Waals surface area contributed by atoms with E-state index in [1.807, 2.05) is 0 Å². The molecule has 32 heavy (non-hydrogen) atoms. The molecule has 0 spiro atoms. The van der Waals surface area contributed by atoms with Crippen molar-refractivity contribution in [3.8, 4) is 5.75 Å². The molecular formula is C22H22ClFN2O5S. The molecule has 1 aromatic heterocycles. The standard InChI is InChI=1S/C22H22ClFN2O5S/c1-13(16-5-3-14(11-19(16)24)26-32(29,30)10-9-27)20-7-8-21(25-20)22(28)17-6-4-15(31-2)12-18(17)23/h3-8,11-13,25-27H,9-10H2,1-2H3. The Morgan fingerprint density at radius 2 is 1.97 bits per heavy atom. The third kappa shape index (κ3) is 5.29. The number of aliphatic hydroxyl groups is 1. The molecule has 170 valence electrons. The molecule has 0 radical (unpaired) electrons. The largest absolute Gasteiger partial charge is 0.497 e. The van der Waals surface area contributed by atoms with Crippen LogP contribution in [0.25, 0.3) is 0 Å². The fraction of sp³-hybridized carbons (Fsp3) is 0.227. The van der Waals surface area contributed by atoms with Crippen LogP contribution in [0.5, 0.6) is 5.75 Å². The summed E-state index contributed by atoms with van der Waals surface area (Å²) in [6.07, 6.45) is 0. The van der Waals surface area contributed by atoms with Gasteiger partial charge in [0.05, 0.1) is 35.9 Å². The fourth-order valence-corrected chi connectivity index (χ4v) is 4.29. The number of ether oxygens (including phenoxy) is 1. The summed E-state index contributed by atoms with van der Waals surface area (Å²) in [7, 11) is -2.25. The van der Waals surface area contributed by atoms with Crippen LogP contribution < -0.4 is 9.46 Å².